The lowest BCUT2D eigenvalue weighted by atomic mass is 9.98. The zero-order valence-electron chi connectivity index (χ0n) is 20.1. The van der Waals surface area contributed by atoms with E-state index in [1.807, 2.05) is 29.2 Å². The molecule has 0 spiro atoms. The second-order valence-electron chi connectivity index (χ2n) is 8.91. The van der Waals surface area contributed by atoms with Gasteiger partial charge in [-0.1, -0.05) is 18.2 Å². The van der Waals surface area contributed by atoms with E-state index in [0.29, 0.717) is 25.3 Å². The molecule has 1 aliphatic rings. The number of ether oxygens (including phenoxy) is 2. The number of carbonyl (C=O) groups is 1. The van der Waals surface area contributed by atoms with Gasteiger partial charge in [0, 0.05) is 36.8 Å². The monoisotopic (exact) mass is 472 g/mol. The van der Waals surface area contributed by atoms with Crippen LogP contribution in [0.4, 0.5) is 4.39 Å². The first-order valence-electron chi connectivity index (χ1n) is 11.9. The van der Waals surface area contributed by atoms with Gasteiger partial charge in [-0.2, -0.15) is 0 Å². The highest BCUT2D eigenvalue weighted by molar-refractivity contribution is 5.85. The lowest BCUT2D eigenvalue weighted by molar-refractivity contribution is -0.132. The molecule has 3 aromatic carbocycles. The summed E-state index contributed by atoms with van der Waals surface area (Å²) >= 11 is 0. The Hall–Kier alpha value is -3.80. The molecule has 2 heterocycles. The van der Waals surface area contributed by atoms with Crippen molar-refractivity contribution >= 4 is 16.8 Å². The Balaban J connectivity index is 1.26. The van der Waals surface area contributed by atoms with E-state index in [2.05, 4.69) is 22.9 Å². The largest absolute Gasteiger partial charge is 0.493 e. The van der Waals surface area contributed by atoms with Gasteiger partial charge in [0.2, 0.25) is 5.91 Å². The van der Waals surface area contributed by atoms with Crippen molar-refractivity contribution in [3.8, 4) is 17.2 Å². The van der Waals surface area contributed by atoms with Gasteiger partial charge < -0.3 is 18.9 Å². The second-order valence-corrected chi connectivity index (χ2v) is 8.91. The van der Waals surface area contributed by atoms with Gasteiger partial charge in [0.15, 0.2) is 11.5 Å². The van der Waals surface area contributed by atoms with Crippen molar-refractivity contribution in [2.75, 3.05) is 20.8 Å². The Kier molecular flexibility index (Phi) is 6.45. The highest BCUT2D eigenvalue weighted by atomic mass is 19.1. The van der Waals surface area contributed by atoms with Crippen molar-refractivity contribution in [3.63, 3.8) is 0 Å². The first-order valence-corrected chi connectivity index (χ1v) is 11.9. The second kappa shape index (κ2) is 9.82. The summed E-state index contributed by atoms with van der Waals surface area (Å²) in [5, 5.41) is 1.16. The summed E-state index contributed by atoms with van der Waals surface area (Å²) in [5.74, 6) is 1.35. The fraction of sp³-hybridized carbons (Fsp3) is 0.276. The first kappa shape index (κ1) is 23.0. The average molecular weight is 473 g/mol. The molecule has 0 aliphatic carbocycles. The Labute approximate surface area is 204 Å². The number of aromatic nitrogens is 1. The molecule has 180 valence electrons. The molecule has 0 saturated carbocycles. The summed E-state index contributed by atoms with van der Waals surface area (Å²) in [6, 6.07) is 18.7. The summed E-state index contributed by atoms with van der Waals surface area (Å²) in [4.78, 5) is 15.0. The maximum absolute atomic E-state index is 13.4. The van der Waals surface area contributed by atoms with Crippen molar-refractivity contribution in [3.05, 3.63) is 89.4 Å². The quantitative estimate of drug-likeness (QED) is 0.347. The van der Waals surface area contributed by atoms with Crippen LogP contribution in [0, 0.1) is 5.82 Å². The predicted octanol–water partition coefficient (Wildman–Crippen LogP) is 5.69. The first-order chi connectivity index (χ1) is 17.1. The molecule has 4 aromatic rings. The van der Waals surface area contributed by atoms with E-state index < -0.39 is 0 Å². The maximum atomic E-state index is 13.4. The van der Waals surface area contributed by atoms with E-state index in [1.165, 1.54) is 23.3 Å². The molecule has 5 nitrogen and oxygen atoms in total. The molecule has 0 atom stereocenters. The van der Waals surface area contributed by atoms with Crippen LogP contribution in [0.3, 0.4) is 0 Å². The van der Waals surface area contributed by atoms with Crippen LogP contribution in [-0.4, -0.2) is 36.1 Å². The van der Waals surface area contributed by atoms with Gasteiger partial charge in [0.25, 0.3) is 0 Å². The molecule has 1 aliphatic heterocycles. The summed E-state index contributed by atoms with van der Waals surface area (Å²) in [7, 11) is 3.27. The van der Waals surface area contributed by atoms with Gasteiger partial charge in [-0.3, -0.25) is 4.79 Å². The fourth-order valence-electron chi connectivity index (χ4n) is 4.95. The van der Waals surface area contributed by atoms with E-state index in [1.54, 1.807) is 26.4 Å². The maximum Gasteiger partial charge on any atom is 0.222 e. The number of amides is 1. The predicted molar refractivity (Wildman–Crippen MR) is 135 cm³/mol. The summed E-state index contributed by atoms with van der Waals surface area (Å²) in [6.07, 6.45) is 4.99. The third-order valence-electron chi connectivity index (χ3n) is 6.81. The van der Waals surface area contributed by atoms with Gasteiger partial charge in [0.05, 0.1) is 19.7 Å². The molecule has 0 saturated heterocycles. The van der Waals surface area contributed by atoms with Crippen molar-refractivity contribution in [1.29, 1.82) is 0 Å². The highest BCUT2D eigenvalue weighted by Crippen LogP contribution is 2.33. The number of halogens is 1. The van der Waals surface area contributed by atoms with E-state index >= 15 is 0 Å². The standard InChI is InChI=1S/C29H29FN2O3/c1-34-27-16-20-14-15-31(18-22(20)17-28(27)35-2)29(33)9-5-6-21-19-32(24-12-10-23(30)11-13-24)26-8-4-3-7-25(21)26/h3-4,7-8,10-13,16-17,19H,5-6,9,14-15,18H2,1-2H3. The molecule has 0 bridgehead atoms. The van der Waals surface area contributed by atoms with Crippen LogP contribution >= 0.6 is 0 Å². The highest BCUT2D eigenvalue weighted by Gasteiger charge is 2.22. The average Bonchev–Trinajstić information content (AvgIpc) is 3.26. The van der Waals surface area contributed by atoms with Gasteiger partial charge in [-0.05, 0) is 78.4 Å². The number of hydrogen-bond acceptors (Lipinski definition) is 3. The topological polar surface area (TPSA) is 43.7 Å². The number of carbonyl (C=O) groups excluding carboxylic acids is 1. The van der Waals surface area contributed by atoms with E-state index in [-0.39, 0.29) is 11.7 Å². The Bertz CT molecular complexity index is 1360. The minimum absolute atomic E-state index is 0.174. The summed E-state index contributed by atoms with van der Waals surface area (Å²) < 4.78 is 26.4. The summed E-state index contributed by atoms with van der Waals surface area (Å²) in [5.41, 5.74) is 5.52. The van der Waals surface area contributed by atoms with Crippen LogP contribution < -0.4 is 9.47 Å². The molecule has 1 aromatic heterocycles. The number of methoxy groups -OCH3 is 2. The lowest BCUT2D eigenvalue weighted by Gasteiger charge is -2.29. The SMILES string of the molecule is COc1cc2c(cc1OC)CN(C(=O)CCCc1cn(-c3ccc(F)cc3)c3ccccc13)CC2. The summed E-state index contributed by atoms with van der Waals surface area (Å²) in [6.45, 7) is 1.31. The fourth-order valence-corrected chi connectivity index (χ4v) is 4.95. The van der Waals surface area contributed by atoms with Crippen LogP contribution in [0.25, 0.3) is 16.6 Å². The number of benzene rings is 3. The minimum atomic E-state index is -0.248. The third kappa shape index (κ3) is 4.61. The van der Waals surface area contributed by atoms with Gasteiger partial charge in [-0.15, -0.1) is 0 Å². The normalized spacial score (nSPS) is 13.1. The molecular formula is C29H29FN2O3. The lowest BCUT2D eigenvalue weighted by Crippen LogP contribution is -2.35. The number of nitrogens with zero attached hydrogens (tertiary/aromatic N) is 2. The van der Waals surface area contributed by atoms with Crippen molar-refractivity contribution in [2.24, 2.45) is 0 Å². The van der Waals surface area contributed by atoms with Crippen molar-refractivity contribution in [1.82, 2.24) is 9.47 Å². The van der Waals surface area contributed by atoms with E-state index in [0.717, 1.165) is 47.2 Å². The number of hydrogen-bond donors (Lipinski definition) is 0. The minimum Gasteiger partial charge on any atom is -0.493 e. The molecule has 0 N–H and O–H groups in total. The van der Waals surface area contributed by atoms with Gasteiger partial charge >= 0.3 is 0 Å². The van der Waals surface area contributed by atoms with Crippen molar-refractivity contribution in [2.45, 2.75) is 32.2 Å². The van der Waals surface area contributed by atoms with Crippen LogP contribution in [0.5, 0.6) is 11.5 Å². The van der Waals surface area contributed by atoms with Crippen molar-refractivity contribution < 1.29 is 18.7 Å². The molecule has 35 heavy (non-hydrogen) atoms. The van der Waals surface area contributed by atoms with Crippen LogP contribution in [-0.2, 0) is 24.2 Å². The Morgan fingerprint density at radius 2 is 1.69 bits per heavy atom. The van der Waals surface area contributed by atoms with E-state index in [4.69, 9.17) is 9.47 Å². The smallest absolute Gasteiger partial charge is 0.222 e. The Morgan fingerprint density at radius 3 is 2.43 bits per heavy atom. The van der Waals surface area contributed by atoms with Crippen LogP contribution in [0.15, 0.2) is 66.9 Å². The zero-order valence-corrected chi connectivity index (χ0v) is 20.1. The third-order valence-corrected chi connectivity index (χ3v) is 6.81. The number of rotatable bonds is 7. The molecular weight excluding hydrogens is 443 g/mol. The van der Waals surface area contributed by atoms with Crippen LogP contribution in [0.1, 0.15) is 29.5 Å². The number of para-hydroxylation sites is 1. The van der Waals surface area contributed by atoms with Gasteiger partial charge in [0.1, 0.15) is 5.82 Å². The van der Waals surface area contributed by atoms with Crippen LogP contribution in [0.2, 0.25) is 0 Å². The van der Waals surface area contributed by atoms with E-state index in [9.17, 15) is 9.18 Å². The molecule has 0 fully saturated rings. The molecule has 0 unspecified atom stereocenters. The molecule has 6 heteroatoms. The Morgan fingerprint density at radius 1 is 0.971 bits per heavy atom. The molecule has 1 amide bonds. The van der Waals surface area contributed by atoms with Gasteiger partial charge in [-0.25, -0.2) is 4.39 Å². The molecule has 5 rings (SSSR count). The molecule has 0 radical (unpaired) electrons. The number of aryl methyl sites for hydroxylation is 1. The zero-order chi connectivity index (χ0) is 24.4. The number of fused-ring (bicyclic) bond motifs is 2.